The fourth-order valence-electron chi connectivity index (χ4n) is 1.97. The van der Waals surface area contributed by atoms with Crippen molar-refractivity contribution in [3.8, 4) is 0 Å². The minimum atomic E-state index is 0.624. The highest BCUT2D eigenvalue weighted by Crippen LogP contribution is 2.11. The van der Waals surface area contributed by atoms with Crippen LogP contribution in [0.4, 0.5) is 0 Å². The van der Waals surface area contributed by atoms with Crippen molar-refractivity contribution in [1.29, 1.82) is 0 Å². The Hall–Kier alpha value is -0.0800. The molecule has 2 nitrogen and oxygen atoms in total. The predicted molar refractivity (Wildman–Crippen MR) is 69.3 cm³/mol. The van der Waals surface area contributed by atoms with Gasteiger partial charge in [0.15, 0.2) is 0 Å². The molecule has 0 bridgehead atoms. The molecule has 0 fully saturated rings. The molecule has 1 N–H and O–H groups in total. The molecule has 0 aromatic rings. The number of rotatable bonds is 8. The van der Waals surface area contributed by atoms with E-state index in [-0.39, 0.29) is 0 Å². The third-order valence-corrected chi connectivity index (χ3v) is 3.65. The van der Waals surface area contributed by atoms with Crippen molar-refractivity contribution in [3.63, 3.8) is 0 Å². The molecule has 0 spiro atoms. The Bertz CT molecular complexity index is 147. The fourth-order valence-corrected chi connectivity index (χ4v) is 1.97. The van der Waals surface area contributed by atoms with Crippen LogP contribution in [0.3, 0.4) is 0 Å². The summed E-state index contributed by atoms with van der Waals surface area (Å²) in [6, 6.07) is 1.33. The van der Waals surface area contributed by atoms with Gasteiger partial charge in [-0.2, -0.15) is 0 Å². The van der Waals surface area contributed by atoms with Gasteiger partial charge in [0.2, 0.25) is 0 Å². The van der Waals surface area contributed by atoms with Crippen molar-refractivity contribution in [2.45, 2.75) is 59.0 Å². The van der Waals surface area contributed by atoms with E-state index in [1.807, 2.05) is 0 Å². The molecular formula is C13H30N2. The van der Waals surface area contributed by atoms with Crippen molar-refractivity contribution in [3.05, 3.63) is 0 Å². The van der Waals surface area contributed by atoms with Crippen molar-refractivity contribution in [1.82, 2.24) is 10.2 Å². The summed E-state index contributed by atoms with van der Waals surface area (Å²) in [6.45, 7) is 10.3. The largest absolute Gasteiger partial charge is 0.315 e. The van der Waals surface area contributed by atoms with Crippen LogP contribution in [0.5, 0.6) is 0 Å². The maximum Gasteiger partial charge on any atom is 0.0217 e. The third-order valence-electron chi connectivity index (χ3n) is 3.65. The van der Waals surface area contributed by atoms with Crippen LogP contribution in [0.25, 0.3) is 0 Å². The molecule has 0 heterocycles. The van der Waals surface area contributed by atoms with Crippen molar-refractivity contribution in [2.24, 2.45) is 5.92 Å². The van der Waals surface area contributed by atoms with Crippen LogP contribution in [0.2, 0.25) is 0 Å². The van der Waals surface area contributed by atoms with Gasteiger partial charge in [-0.25, -0.2) is 0 Å². The molecule has 15 heavy (non-hydrogen) atoms. The Kier molecular flexibility index (Phi) is 8.07. The minimum Gasteiger partial charge on any atom is -0.315 e. The summed E-state index contributed by atoms with van der Waals surface area (Å²) in [5, 5.41) is 3.44. The summed E-state index contributed by atoms with van der Waals surface area (Å²) in [5.41, 5.74) is 0. The van der Waals surface area contributed by atoms with Gasteiger partial charge in [0.25, 0.3) is 0 Å². The minimum absolute atomic E-state index is 0.624. The molecule has 0 aliphatic heterocycles. The number of likely N-dealkylation sites (N-methyl/N-ethyl adjacent to an activating group) is 2. The SMILES string of the molecule is CCCC(C)N(C)CC(NC)C(C)CC. The summed E-state index contributed by atoms with van der Waals surface area (Å²) >= 11 is 0. The standard InChI is InChI=1S/C13H30N2/c1-7-9-12(4)15(6)10-13(14-5)11(3)8-2/h11-14H,7-10H2,1-6H3. The number of hydrogen-bond donors (Lipinski definition) is 1. The monoisotopic (exact) mass is 214 g/mol. The normalized spacial score (nSPS) is 17.8. The van der Waals surface area contributed by atoms with Gasteiger partial charge >= 0.3 is 0 Å². The maximum absolute atomic E-state index is 3.44. The van der Waals surface area contributed by atoms with Gasteiger partial charge in [0.05, 0.1) is 0 Å². The van der Waals surface area contributed by atoms with E-state index in [0.29, 0.717) is 12.1 Å². The van der Waals surface area contributed by atoms with Crippen LogP contribution in [0.1, 0.15) is 47.0 Å². The van der Waals surface area contributed by atoms with Crippen LogP contribution in [-0.4, -0.2) is 37.6 Å². The third kappa shape index (κ3) is 5.53. The maximum atomic E-state index is 3.44. The first-order chi connectivity index (χ1) is 7.06. The van der Waals surface area contributed by atoms with Gasteiger partial charge < -0.3 is 10.2 Å². The number of nitrogens with one attached hydrogen (secondary N) is 1. The molecule has 92 valence electrons. The van der Waals surface area contributed by atoms with E-state index >= 15 is 0 Å². The molecule has 0 radical (unpaired) electrons. The summed E-state index contributed by atoms with van der Waals surface area (Å²) < 4.78 is 0. The van der Waals surface area contributed by atoms with E-state index in [1.54, 1.807) is 0 Å². The van der Waals surface area contributed by atoms with Gasteiger partial charge in [0.1, 0.15) is 0 Å². The Morgan fingerprint density at radius 3 is 2.20 bits per heavy atom. The molecule has 0 rings (SSSR count). The first-order valence-electron chi connectivity index (χ1n) is 6.44. The van der Waals surface area contributed by atoms with Crippen molar-refractivity contribution in [2.75, 3.05) is 20.6 Å². The lowest BCUT2D eigenvalue weighted by atomic mass is 9.98. The molecule has 0 saturated carbocycles. The van der Waals surface area contributed by atoms with Crippen LogP contribution >= 0.6 is 0 Å². The van der Waals surface area contributed by atoms with E-state index in [2.05, 4.69) is 52.0 Å². The van der Waals surface area contributed by atoms with E-state index in [9.17, 15) is 0 Å². The lowest BCUT2D eigenvalue weighted by Gasteiger charge is -2.31. The summed E-state index contributed by atoms with van der Waals surface area (Å²) in [5.74, 6) is 0.756. The molecule has 0 aliphatic carbocycles. The first kappa shape index (κ1) is 14.9. The second-order valence-electron chi connectivity index (χ2n) is 4.86. The van der Waals surface area contributed by atoms with E-state index in [0.717, 1.165) is 12.5 Å². The zero-order valence-corrected chi connectivity index (χ0v) is 11.5. The Morgan fingerprint density at radius 2 is 1.80 bits per heavy atom. The average molecular weight is 214 g/mol. The molecule has 0 aromatic heterocycles. The van der Waals surface area contributed by atoms with Gasteiger partial charge in [-0.3, -0.25) is 0 Å². The zero-order chi connectivity index (χ0) is 11.8. The van der Waals surface area contributed by atoms with Gasteiger partial charge in [-0.05, 0) is 33.4 Å². The van der Waals surface area contributed by atoms with E-state index < -0.39 is 0 Å². The van der Waals surface area contributed by atoms with Gasteiger partial charge in [0, 0.05) is 18.6 Å². The molecule has 2 heteroatoms. The average Bonchev–Trinajstić information content (AvgIpc) is 2.24. The van der Waals surface area contributed by atoms with E-state index in [4.69, 9.17) is 0 Å². The van der Waals surface area contributed by atoms with E-state index in [1.165, 1.54) is 19.3 Å². The highest BCUT2D eigenvalue weighted by atomic mass is 15.1. The Morgan fingerprint density at radius 1 is 1.20 bits per heavy atom. The molecule has 0 saturated heterocycles. The second-order valence-corrected chi connectivity index (χ2v) is 4.86. The topological polar surface area (TPSA) is 15.3 Å². The van der Waals surface area contributed by atoms with Crippen molar-refractivity contribution >= 4 is 0 Å². The molecular weight excluding hydrogens is 184 g/mol. The van der Waals surface area contributed by atoms with Crippen LogP contribution in [0.15, 0.2) is 0 Å². The molecule has 0 aliphatic rings. The number of hydrogen-bond acceptors (Lipinski definition) is 2. The van der Waals surface area contributed by atoms with Crippen LogP contribution in [-0.2, 0) is 0 Å². The fraction of sp³-hybridized carbons (Fsp3) is 1.00. The summed E-state index contributed by atoms with van der Waals surface area (Å²) in [4.78, 5) is 2.48. The van der Waals surface area contributed by atoms with Gasteiger partial charge in [-0.1, -0.05) is 33.6 Å². The molecule has 0 aromatic carbocycles. The lowest BCUT2D eigenvalue weighted by molar-refractivity contribution is 0.197. The molecule has 3 unspecified atom stereocenters. The summed E-state index contributed by atoms with van der Waals surface area (Å²) in [7, 11) is 4.32. The Balaban J connectivity index is 4.05. The van der Waals surface area contributed by atoms with Crippen LogP contribution in [0, 0.1) is 5.92 Å². The van der Waals surface area contributed by atoms with Crippen molar-refractivity contribution < 1.29 is 0 Å². The summed E-state index contributed by atoms with van der Waals surface area (Å²) in [6.07, 6.45) is 3.83. The highest BCUT2D eigenvalue weighted by Gasteiger charge is 2.17. The Labute approximate surface area is 96.4 Å². The lowest BCUT2D eigenvalue weighted by Crippen LogP contribution is -2.44. The van der Waals surface area contributed by atoms with Gasteiger partial charge in [-0.15, -0.1) is 0 Å². The molecule has 0 amide bonds. The highest BCUT2D eigenvalue weighted by molar-refractivity contribution is 4.76. The quantitative estimate of drug-likeness (QED) is 0.668. The van der Waals surface area contributed by atoms with Crippen LogP contribution < -0.4 is 5.32 Å². The zero-order valence-electron chi connectivity index (χ0n) is 11.5. The second kappa shape index (κ2) is 8.12. The first-order valence-corrected chi connectivity index (χ1v) is 6.44. The number of nitrogens with zero attached hydrogens (tertiary/aromatic N) is 1. The smallest absolute Gasteiger partial charge is 0.0217 e. The predicted octanol–water partition coefficient (Wildman–Crippen LogP) is 2.74. The molecule has 3 atom stereocenters.